The second-order valence-electron chi connectivity index (χ2n) is 5.49. The van der Waals surface area contributed by atoms with E-state index in [-0.39, 0.29) is 12.4 Å². The molecule has 0 radical (unpaired) electrons. The van der Waals surface area contributed by atoms with Crippen molar-refractivity contribution in [3.05, 3.63) is 34.3 Å². The van der Waals surface area contributed by atoms with Crippen LogP contribution in [0.2, 0.25) is 0 Å². The lowest BCUT2D eigenvalue weighted by atomic mass is 9.86. The molecule has 1 unspecified atom stereocenters. The molecule has 1 aromatic carbocycles. The van der Waals surface area contributed by atoms with E-state index in [0.717, 1.165) is 62.1 Å². The molecule has 0 bridgehead atoms. The van der Waals surface area contributed by atoms with Crippen LogP contribution in [0.15, 0.2) is 28.7 Å². The summed E-state index contributed by atoms with van der Waals surface area (Å²) in [5, 5.41) is 11.0. The molecule has 0 aliphatic carbocycles. The zero-order valence-electron chi connectivity index (χ0n) is 12.6. The van der Waals surface area contributed by atoms with Gasteiger partial charge in [0.1, 0.15) is 0 Å². The van der Waals surface area contributed by atoms with Crippen LogP contribution in [-0.4, -0.2) is 42.9 Å². The summed E-state index contributed by atoms with van der Waals surface area (Å²) in [5.74, 6) is 0. The quantitative estimate of drug-likeness (QED) is 0.821. The smallest absolute Gasteiger partial charge is 0.0908 e. The Hall–Kier alpha value is -0.130. The summed E-state index contributed by atoms with van der Waals surface area (Å²) in [6, 6.07) is 8.06. The molecule has 0 aromatic heterocycles. The van der Waals surface area contributed by atoms with Crippen molar-refractivity contribution in [2.75, 3.05) is 32.8 Å². The monoisotopic (exact) mass is 377 g/mol. The van der Waals surface area contributed by atoms with Gasteiger partial charge in [-0.25, -0.2) is 0 Å². The van der Waals surface area contributed by atoms with Gasteiger partial charge in [0.25, 0.3) is 0 Å². The highest BCUT2D eigenvalue weighted by molar-refractivity contribution is 9.10. The standard InChI is InChI=1S/C16H24BrNO2.ClH/c1-2-7-16(19,14-3-5-15(17)6-4-14)8-9-18-10-12-20-13-11-18;/h3-6,19H,2,7-13H2,1H3;1H. The molecule has 1 atom stereocenters. The largest absolute Gasteiger partial charge is 0.385 e. The Morgan fingerprint density at radius 1 is 1.19 bits per heavy atom. The van der Waals surface area contributed by atoms with Crippen molar-refractivity contribution >= 4 is 28.3 Å². The molecular formula is C16H25BrClNO2. The summed E-state index contributed by atoms with van der Waals surface area (Å²) >= 11 is 3.45. The molecule has 1 aliphatic heterocycles. The average molecular weight is 379 g/mol. The Morgan fingerprint density at radius 3 is 2.38 bits per heavy atom. The van der Waals surface area contributed by atoms with Crippen LogP contribution in [0.5, 0.6) is 0 Å². The fourth-order valence-electron chi connectivity index (χ4n) is 2.76. The third-order valence-electron chi connectivity index (χ3n) is 3.99. The lowest BCUT2D eigenvalue weighted by Crippen LogP contribution is -2.40. The molecule has 2 rings (SSSR count). The topological polar surface area (TPSA) is 32.7 Å². The van der Waals surface area contributed by atoms with Gasteiger partial charge in [0.05, 0.1) is 18.8 Å². The van der Waals surface area contributed by atoms with E-state index in [1.807, 2.05) is 24.3 Å². The van der Waals surface area contributed by atoms with Crippen LogP contribution >= 0.6 is 28.3 Å². The third kappa shape index (κ3) is 5.53. The lowest BCUT2D eigenvalue weighted by molar-refractivity contribution is -0.0102. The Labute approximate surface area is 142 Å². The highest BCUT2D eigenvalue weighted by atomic mass is 79.9. The van der Waals surface area contributed by atoms with Gasteiger partial charge in [-0.15, -0.1) is 12.4 Å². The summed E-state index contributed by atoms with van der Waals surface area (Å²) in [4.78, 5) is 2.38. The van der Waals surface area contributed by atoms with Crippen molar-refractivity contribution in [1.29, 1.82) is 0 Å². The fraction of sp³-hybridized carbons (Fsp3) is 0.625. The van der Waals surface area contributed by atoms with Crippen LogP contribution in [0.1, 0.15) is 31.7 Å². The van der Waals surface area contributed by atoms with Crippen molar-refractivity contribution in [2.24, 2.45) is 0 Å². The second-order valence-corrected chi connectivity index (χ2v) is 6.41. The highest BCUT2D eigenvalue weighted by Gasteiger charge is 2.29. The van der Waals surface area contributed by atoms with E-state index in [2.05, 4.69) is 27.8 Å². The first-order chi connectivity index (χ1) is 9.64. The number of ether oxygens (including phenoxy) is 1. The molecule has 1 fully saturated rings. The minimum Gasteiger partial charge on any atom is -0.385 e. The minimum absolute atomic E-state index is 0. The van der Waals surface area contributed by atoms with Gasteiger partial charge in [-0.2, -0.15) is 0 Å². The van der Waals surface area contributed by atoms with Crippen LogP contribution in [0, 0.1) is 0 Å². The molecule has 1 saturated heterocycles. The zero-order valence-corrected chi connectivity index (χ0v) is 15.0. The summed E-state index contributed by atoms with van der Waals surface area (Å²) in [5.41, 5.74) is 0.309. The summed E-state index contributed by atoms with van der Waals surface area (Å²) < 4.78 is 6.42. The molecule has 0 saturated carbocycles. The predicted octanol–water partition coefficient (Wildman–Crippen LogP) is 3.58. The summed E-state index contributed by atoms with van der Waals surface area (Å²) in [7, 11) is 0. The van der Waals surface area contributed by atoms with Crippen molar-refractivity contribution < 1.29 is 9.84 Å². The summed E-state index contributed by atoms with van der Waals surface area (Å²) in [6.45, 7) is 6.62. The first kappa shape index (κ1) is 18.9. The number of halogens is 2. The number of aliphatic hydroxyl groups is 1. The number of hydrogen-bond acceptors (Lipinski definition) is 3. The Balaban J connectivity index is 0.00000220. The van der Waals surface area contributed by atoms with Gasteiger partial charge in [0.15, 0.2) is 0 Å². The second kappa shape index (κ2) is 9.11. The maximum absolute atomic E-state index is 11.0. The van der Waals surface area contributed by atoms with E-state index in [4.69, 9.17) is 4.74 Å². The van der Waals surface area contributed by atoms with Gasteiger partial charge in [0.2, 0.25) is 0 Å². The highest BCUT2D eigenvalue weighted by Crippen LogP contribution is 2.31. The van der Waals surface area contributed by atoms with Crippen LogP contribution in [0.25, 0.3) is 0 Å². The zero-order chi connectivity index (χ0) is 14.4. The van der Waals surface area contributed by atoms with Gasteiger partial charge < -0.3 is 9.84 Å². The van der Waals surface area contributed by atoms with Crippen LogP contribution in [-0.2, 0) is 10.3 Å². The van der Waals surface area contributed by atoms with E-state index < -0.39 is 5.60 Å². The molecule has 5 heteroatoms. The molecule has 120 valence electrons. The van der Waals surface area contributed by atoms with Gasteiger partial charge in [-0.05, 0) is 30.5 Å². The van der Waals surface area contributed by atoms with Crippen molar-refractivity contribution in [2.45, 2.75) is 31.8 Å². The van der Waals surface area contributed by atoms with E-state index in [1.165, 1.54) is 0 Å². The molecule has 0 amide bonds. The van der Waals surface area contributed by atoms with Crippen molar-refractivity contribution in [3.8, 4) is 0 Å². The maximum atomic E-state index is 11.0. The Kier molecular flexibility index (Phi) is 8.21. The van der Waals surface area contributed by atoms with Crippen LogP contribution in [0.3, 0.4) is 0 Å². The van der Waals surface area contributed by atoms with Gasteiger partial charge in [0, 0.05) is 24.1 Å². The number of rotatable bonds is 6. The number of nitrogens with zero attached hydrogens (tertiary/aromatic N) is 1. The molecular weight excluding hydrogens is 354 g/mol. The Bertz CT molecular complexity index is 409. The third-order valence-corrected chi connectivity index (χ3v) is 4.52. The van der Waals surface area contributed by atoms with E-state index >= 15 is 0 Å². The minimum atomic E-state index is -0.715. The van der Waals surface area contributed by atoms with Crippen molar-refractivity contribution in [3.63, 3.8) is 0 Å². The normalized spacial score (nSPS) is 18.8. The average Bonchev–Trinajstić information content (AvgIpc) is 2.47. The molecule has 1 N–H and O–H groups in total. The molecule has 0 spiro atoms. The fourth-order valence-corrected chi connectivity index (χ4v) is 3.02. The first-order valence-corrected chi connectivity index (χ1v) is 8.22. The molecule has 3 nitrogen and oxygen atoms in total. The first-order valence-electron chi connectivity index (χ1n) is 7.42. The van der Waals surface area contributed by atoms with Crippen LogP contribution in [0.4, 0.5) is 0 Å². The SMILES string of the molecule is CCCC(O)(CCN1CCOCC1)c1ccc(Br)cc1.Cl. The maximum Gasteiger partial charge on any atom is 0.0908 e. The molecule has 21 heavy (non-hydrogen) atoms. The summed E-state index contributed by atoms with van der Waals surface area (Å²) in [6.07, 6.45) is 2.57. The number of benzene rings is 1. The van der Waals surface area contributed by atoms with Gasteiger partial charge in [-0.3, -0.25) is 4.90 Å². The number of hydrogen-bond donors (Lipinski definition) is 1. The molecule has 1 aromatic rings. The predicted molar refractivity (Wildman–Crippen MR) is 92.1 cm³/mol. The van der Waals surface area contributed by atoms with Gasteiger partial charge in [-0.1, -0.05) is 41.4 Å². The lowest BCUT2D eigenvalue weighted by Gasteiger charge is -2.33. The van der Waals surface area contributed by atoms with Crippen molar-refractivity contribution in [1.82, 2.24) is 4.90 Å². The Morgan fingerprint density at radius 2 is 1.81 bits per heavy atom. The van der Waals surface area contributed by atoms with Gasteiger partial charge >= 0.3 is 0 Å². The van der Waals surface area contributed by atoms with Crippen LogP contribution < -0.4 is 0 Å². The molecule has 1 aliphatic rings. The molecule has 1 heterocycles. The van der Waals surface area contributed by atoms with E-state index in [0.29, 0.717) is 0 Å². The van der Waals surface area contributed by atoms with E-state index in [9.17, 15) is 5.11 Å². The van der Waals surface area contributed by atoms with E-state index in [1.54, 1.807) is 0 Å². The number of morpholine rings is 1.